The molecule has 0 aliphatic carbocycles. The Bertz CT molecular complexity index is 1160. The molecule has 1 amide bonds. The lowest BCUT2D eigenvalue weighted by atomic mass is 10.3. The van der Waals surface area contributed by atoms with E-state index in [-0.39, 0.29) is 24.4 Å². The van der Waals surface area contributed by atoms with E-state index < -0.39 is 0 Å². The normalized spacial score (nSPS) is 11.0. The van der Waals surface area contributed by atoms with Crippen LogP contribution in [0.25, 0.3) is 16.7 Å². The highest BCUT2D eigenvalue weighted by molar-refractivity contribution is 7.15. The highest BCUT2D eigenvalue weighted by atomic mass is 32.1. The molecular formula is C17H15N7O2S. The number of rotatable bonds is 5. The quantitative estimate of drug-likeness (QED) is 0.564. The SMILES string of the molecule is Cc1nnc(NC(=O)CCn2cnc3c(cnn3-c3ccccc3)c2=O)s1. The molecule has 0 radical (unpaired) electrons. The van der Waals surface area contributed by atoms with Crippen LogP contribution in [0, 0.1) is 6.92 Å². The summed E-state index contributed by atoms with van der Waals surface area (Å²) in [4.78, 5) is 29.1. The van der Waals surface area contributed by atoms with E-state index in [4.69, 9.17) is 0 Å². The minimum atomic E-state index is -0.238. The van der Waals surface area contributed by atoms with Crippen molar-refractivity contribution in [1.82, 2.24) is 29.5 Å². The van der Waals surface area contributed by atoms with Crippen LogP contribution >= 0.6 is 11.3 Å². The van der Waals surface area contributed by atoms with Crippen LogP contribution in [0.15, 0.2) is 47.7 Å². The van der Waals surface area contributed by atoms with Crippen LogP contribution in [-0.2, 0) is 11.3 Å². The molecule has 0 atom stereocenters. The van der Waals surface area contributed by atoms with Crippen LogP contribution in [0.3, 0.4) is 0 Å². The average Bonchev–Trinajstić information content (AvgIpc) is 3.28. The van der Waals surface area contributed by atoms with E-state index >= 15 is 0 Å². The van der Waals surface area contributed by atoms with Crippen LogP contribution in [0.4, 0.5) is 5.13 Å². The molecule has 1 N–H and O–H groups in total. The molecule has 4 aromatic rings. The standard InChI is InChI=1S/C17H15N7O2S/c1-11-21-22-17(27-11)20-14(25)7-8-23-10-18-15-13(16(23)26)9-19-24(15)12-5-3-2-4-6-12/h2-6,9-10H,7-8H2,1H3,(H,20,22,25). The topological polar surface area (TPSA) is 108 Å². The second-order valence-electron chi connectivity index (χ2n) is 5.80. The molecule has 0 bridgehead atoms. The van der Waals surface area contributed by atoms with Crippen molar-refractivity contribution in [2.75, 3.05) is 5.32 Å². The maximum Gasteiger partial charge on any atom is 0.264 e. The average molecular weight is 381 g/mol. The van der Waals surface area contributed by atoms with Gasteiger partial charge in [0, 0.05) is 13.0 Å². The smallest absolute Gasteiger partial charge is 0.264 e. The van der Waals surface area contributed by atoms with Gasteiger partial charge in [0.05, 0.1) is 18.2 Å². The number of aromatic nitrogens is 6. The summed E-state index contributed by atoms with van der Waals surface area (Å²) in [6.07, 6.45) is 3.06. The number of nitrogens with one attached hydrogen (secondary N) is 1. The van der Waals surface area contributed by atoms with Gasteiger partial charge in [0.1, 0.15) is 10.4 Å². The summed E-state index contributed by atoms with van der Waals surface area (Å²) in [5.74, 6) is -0.238. The zero-order chi connectivity index (χ0) is 18.8. The molecule has 0 spiro atoms. The van der Waals surface area contributed by atoms with Crippen LogP contribution in [0.2, 0.25) is 0 Å². The van der Waals surface area contributed by atoms with Gasteiger partial charge in [-0.1, -0.05) is 29.5 Å². The van der Waals surface area contributed by atoms with E-state index in [1.165, 1.54) is 28.4 Å². The highest BCUT2D eigenvalue weighted by Gasteiger charge is 2.12. The first kappa shape index (κ1) is 17.0. The summed E-state index contributed by atoms with van der Waals surface area (Å²) in [6.45, 7) is 2.02. The van der Waals surface area contributed by atoms with E-state index in [0.717, 1.165) is 10.7 Å². The van der Waals surface area contributed by atoms with Crippen molar-refractivity contribution in [3.63, 3.8) is 0 Å². The molecule has 3 heterocycles. The number of amides is 1. The van der Waals surface area contributed by atoms with Crippen molar-refractivity contribution in [2.24, 2.45) is 0 Å². The summed E-state index contributed by atoms with van der Waals surface area (Å²) in [7, 11) is 0. The summed E-state index contributed by atoms with van der Waals surface area (Å²) >= 11 is 1.30. The maximum atomic E-state index is 12.7. The highest BCUT2D eigenvalue weighted by Crippen LogP contribution is 2.14. The number of hydrogen-bond acceptors (Lipinski definition) is 7. The number of benzene rings is 1. The number of para-hydroxylation sites is 1. The van der Waals surface area contributed by atoms with Gasteiger partial charge < -0.3 is 5.32 Å². The summed E-state index contributed by atoms with van der Waals surface area (Å²) in [5.41, 5.74) is 1.07. The molecule has 0 unspecified atom stereocenters. The lowest BCUT2D eigenvalue weighted by Gasteiger charge is -2.06. The zero-order valence-corrected chi connectivity index (χ0v) is 15.2. The molecule has 1 aromatic carbocycles. The molecule has 4 rings (SSSR count). The molecule has 0 saturated heterocycles. The Morgan fingerprint density at radius 3 is 2.78 bits per heavy atom. The molecule has 0 aliphatic rings. The van der Waals surface area contributed by atoms with Gasteiger partial charge in [-0.15, -0.1) is 10.2 Å². The van der Waals surface area contributed by atoms with Gasteiger partial charge >= 0.3 is 0 Å². The minimum absolute atomic E-state index is 0.124. The molecule has 27 heavy (non-hydrogen) atoms. The molecule has 0 aliphatic heterocycles. The predicted molar refractivity (Wildman–Crippen MR) is 101 cm³/mol. The summed E-state index contributed by atoms with van der Waals surface area (Å²) in [5, 5.41) is 16.2. The number of anilines is 1. The van der Waals surface area contributed by atoms with Crippen LogP contribution in [0.1, 0.15) is 11.4 Å². The maximum absolute atomic E-state index is 12.7. The Labute approximate surface area is 157 Å². The third-order valence-corrected chi connectivity index (χ3v) is 4.66. The number of nitrogens with zero attached hydrogens (tertiary/aromatic N) is 6. The van der Waals surface area contributed by atoms with Crippen molar-refractivity contribution < 1.29 is 4.79 Å². The number of hydrogen-bond donors (Lipinski definition) is 1. The van der Waals surface area contributed by atoms with Gasteiger partial charge in [-0.3, -0.25) is 14.2 Å². The monoisotopic (exact) mass is 381 g/mol. The molecule has 3 aromatic heterocycles. The number of aryl methyl sites for hydroxylation is 2. The Hall–Kier alpha value is -3.40. The summed E-state index contributed by atoms with van der Waals surface area (Å²) < 4.78 is 3.02. The van der Waals surface area contributed by atoms with E-state index in [2.05, 4.69) is 25.6 Å². The van der Waals surface area contributed by atoms with Gasteiger partial charge in [0.25, 0.3) is 5.56 Å². The van der Waals surface area contributed by atoms with Crippen molar-refractivity contribution in [2.45, 2.75) is 19.9 Å². The van der Waals surface area contributed by atoms with Crippen molar-refractivity contribution in [3.05, 3.63) is 58.2 Å². The van der Waals surface area contributed by atoms with E-state index in [1.807, 2.05) is 37.3 Å². The molecule has 136 valence electrons. The number of carbonyl (C=O) groups is 1. The lowest BCUT2D eigenvalue weighted by Crippen LogP contribution is -2.23. The minimum Gasteiger partial charge on any atom is -0.300 e. The van der Waals surface area contributed by atoms with Gasteiger partial charge in [0.15, 0.2) is 5.65 Å². The molecule has 0 fully saturated rings. The molecule has 9 nitrogen and oxygen atoms in total. The van der Waals surface area contributed by atoms with E-state index in [9.17, 15) is 9.59 Å². The molecule has 10 heteroatoms. The van der Waals surface area contributed by atoms with Gasteiger partial charge in [-0.25, -0.2) is 9.67 Å². The Kier molecular flexibility index (Phi) is 4.47. The third kappa shape index (κ3) is 3.47. The van der Waals surface area contributed by atoms with Crippen LogP contribution < -0.4 is 10.9 Å². The predicted octanol–water partition coefficient (Wildman–Crippen LogP) is 1.77. The first-order valence-corrected chi connectivity index (χ1v) is 9.02. The Balaban J connectivity index is 1.52. The second kappa shape index (κ2) is 7.08. The Morgan fingerprint density at radius 2 is 2.04 bits per heavy atom. The first-order valence-electron chi connectivity index (χ1n) is 8.20. The first-order chi connectivity index (χ1) is 13.1. The van der Waals surface area contributed by atoms with Gasteiger partial charge in [0.2, 0.25) is 11.0 Å². The fourth-order valence-electron chi connectivity index (χ4n) is 2.62. The third-order valence-electron chi connectivity index (χ3n) is 3.91. The largest absolute Gasteiger partial charge is 0.300 e. The zero-order valence-electron chi connectivity index (χ0n) is 14.4. The van der Waals surface area contributed by atoms with Gasteiger partial charge in [-0.05, 0) is 19.1 Å². The summed E-state index contributed by atoms with van der Waals surface area (Å²) in [6, 6.07) is 9.46. The van der Waals surface area contributed by atoms with Crippen LogP contribution in [0.5, 0.6) is 0 Å². The molecule has 0 saturated carbocycles. The van der Waals surface area contributed by atoms with E-state index in [0.29, 0.717) is 16.2 Å². The fourth-order valence-corrected chi connectivity index (χ4v) is 3.22. The van der Waals surface area contributed by atoms with Crippen molar-refractivity contribution in [3.8, 4) is 5.69 Å². The van der Waals surface area contributed by atoms with Crippen molar-refractivity contribution in [1.29, 1.82) is 0 Å². The van der Waals surface area contributed by atoms with Gasteiger partial charge in [-0.2, -0.15) is 5.10 Å². The molecular weight excluding hydrogens is 366 g/mol. The van der Waals surface area contributed by atoms with E-state index in [1.54, 1.807) is 4.68 Å². The van der Waals surface area contributed by atoms with Crippen molar-refractivity contribution >= 4 is 33.4 Å². The number of carbonyl (C=O) groups excluding carboxylic acids is 1. The lowest BCUT2D eigenvalue weighted by molar-refractivity contribution is -0.116. The second-order valence-corrected chi connectivity index (χ2v) is 6.98. The van der Waals surface area contributed by atoms with Crippen LogP contribution in [-0.4, -0.2) is 35.4 Å². The number of fused-ring (bicyclic) bond motifs is 1. The fraction of sp³-hybridized carbons (Fsp3) is 0.176. The Morgan fingerprint density at radius 1 is 1.22 bits per heavy atom.